The molecular formula is C19H22N2O6S. The summed E-state index contributed by atoms with van der Waals surface area (Å²) < 4.78 is 35.1. The lowest BCUT2D eigenvalue weighted by molar-refractivity contribution is -0.129. The van der Waals surface area contributed by atoms with Crippen LogP contribution in [0.15, 0.2) is 48.5 Å². The van der Waals surface area contributed by atoms with Crippen molar-refractivity contribution < 1.29 is 27.5 Å². The van der Waals surface area contributed by atoms with Crippen molar-refractivity contribution in [3.63, 3.8) is 0 Å². The minimum Gasteiger partial charge on any atom is -0.497 e. The van der Waals surface area contributed by atoms with E-state index in [1.165, 1.54) is 31.2 Å². The number of carbonyl (C=O) groups excluding carboxylic acids is 2. The molecule has 0 aliphatic carbocycles. The van der Waals surface area contributed by atoms with Gasteiger partial charge in [0.1, 0.15) is 5.75 Å². The van der Waals surface area contributed by atoms with Crippen molar-refractivity contribution in [1.29, 1.82) is 0 Å². The Kier molecular flexibility index (Phi) is 7.00. The van der Waals surface area contributed by atoms with Gasteiger partial charge < -0.3 is 14.8 Å². The molecule has 150 valence electrons. The Morgan fingerprint density at radius 3 is 2.39 bits per heavy atom. The maximum atomic E-state index is 12.2. The first-order chi connectivity index (χ1) is 13.2. The molecule has 0 unspecified atom stereocenters. The zero-order valence-corrected chi connectivity index (χ0v) is 16.6. The van der Waals surface area contributed by atoms with Gasteiger partial charge in [0.15, 0.2) is 6.10 Å². The van der Waals surface area contributed by atoms with Gasteiger partial charge in [0.2, 0.25) is 10.0 Å². The molecule has 0 fully saturated rings. The third-order valence-electron chi connectivity index (χ3n) is 3.68. The Morgan fingerprint density at radius 1 is 1.11 bits per heavy atom. The number of nitrogens with one attached hydrogen (secondary N) is 2. The van der Waals surface area contributed by atoms with Crippen LogP contribution in [-0.2, 0) is 26.1 Å². The third-order valence-corrected chi connectivity index (χ3v) is 4.29. The first kappa shape index (κ1) is 21.2. The number of ether oxygens (including phenoxy) is 2. The average Bonchev–Trinajstić information content (AvgIpc) is 2.65. The molecule has 2 N–H and O–H groups in total. The van der Waals surface area contributed by atoms with E-state index in [9.17, 15) is 18.0 Å². The lowest BCUT2D eigenvalue weighted by atomic mass is 10.2. The molecule has 1 atom stereocenters. The second kappa shape index (κ2) is 9.23. The van der Waals surface area contributed by atoms with E-state index in [1.807, 2.05) is 12.1 Å². The minimum absolute atomic E-state index is 0.128. The van der Waals surface area contributed by atoms with Crippen LogP contribution in [0.4, 0.5) is 5.69 Å². The van der Waals surface area contributed by atoms with Crippen LogP contribution in [0, 0.1) is 0 Å². The van der Waals surface area contributed by atoms with Crippen molar-refractivity contribution >= 4 is 27.6 Å². The Labute approximate surface area is 163 Å². The topological polar surface area (TPSA) is 111 Å². The predicted molar refractivity (Wildman–Crippen MR) is 105 cm³/mol. The average molecular weight is 406 g/mol. The van der Waals surface area contributed by atoms with E-state index >= 15 is 0 Å². The summed E-state index contributed by atoms with van der Waals surface area (Å²) in [5.74, 6) is -0.469. The molecule has 2 rings (SSSR count). The Hall–Kier alpha value is -3.07. The van der Waals surface area contributed by atoms with Gasteiger partial charge in [-0.1, -0.05) is 18.2 Å². The fraction of sp³-hybridized carbons (Fsp3) is 0.263. The van der Waals surface area contributed by atoms with Gasteiger partial charge >= 0.3 is 5.97 Å². The van der Waals surface area contributed by atoms with Gasteiger partial charge in [0.25, 0.3) is 5.91 Å². The lowest BCUT2D eigenvalue weighted by Gasteiger charge is -2.14. The molecule has 8 nitrogen and oxygen atoms in total. The number of esters is 1. The fourth-order valence-corrected chi connectivity index (χ4v) is 2.84. The summed E-state index contributed by atoms with van der Waals surface area (Å²) in [6.45, 7) is 1.73. The summed E-state index contributed by atoms with van der Waals surface area (Å²) in [7, 11) is -1.90. The lowest BCUT2D eigenvalue weighted by Crippen LogP contribution is -2.35. The van der Waals surface area contributed by atoms with E-state index in [4.69, 9.17) is 9.47 Å². The van der Waals surface area contributed by atoms with Gasteiger partial charge in [-0.3, -0.25) is 9.52 Å². The number of rotatable bonds is 8. The fourth-order valence-electron chi connectivity index (χ4n) is 2.28. The third kappa shape index (κ3) is 6.58. The number of sulfonamides is 1. The molecule has 0 saturated carbocycles. The highest BCUT2D eigenvalue weighted by atomic mass is 32.2. The number of carbonyl (C=O) groups is 2. The molecule has 2 aromatic rings. The molecule has 0 aromatic heterocycles. The minimum atomic E-state index is -3.47. The highest BCUT2D eigenvalue weighted by Gasteiger charge is 2.19. The van der Waals surface area contributed by atoms with Crippen LogP contribution in [0.25, 0.3) is 0 Å². The monoisotopic (exact) mass is 406 g/mol. The quantitative estimate of drug-likeness (QED) is 0.648. The van der Waals surface area contributed by atoms with Crippen molar-refractivity contribution in [2.75, 3.05) is 18.1 Å². The summed E-state index contributed by atoms with van der Waals surface area (Å²) in [5.41, 5.74) is 1.23. The standard InChI is InChI=1S/C19H22N2O6S/c1-13(18(22)20-12-14-7-9-17(26-2)10-8-14)27-19(23)15-5-4-6-16(11-15)21-28(3,24)25/h4-11,13,21H,12H2,1-3H3,(H,20,22)/t13-/m0/s1. The molecule has 0 saturated heterocycles. The number of methoxy groups -OCH3 is 1. The zero-order valence-electron chi connectivity index (χ0n) is 15.8. The van der Waals surface area contributed by atoms with Gasteiger partial charge in [0.05, 0.1) is 18.9 Å². The number of amides is 1. The number of anilines is 1. The second-order valence-electron chi connectivity index (χ2n) is 6.07. The van der Waals surface area contributed by atoms with Crippen molar-refractivity contribution in [2.45, 2.75) is 19.6 Å². The van der Waals surface area contributed by atoms with E-state index in [-0.39, 0.29) is 17.8 Å². The molecule has 0 aliphatic rings. The van der Waals surface area contributed by atoms with Crippen molar-refractivity contribution in [2.24, 2.45) is 0 Å². The Balaban J connectivity index is 1.92. The Bertz CT molecular complexity index is 941. The van der Waals surface area contributed by atoms with Crippen molar-refractivity contribution in [3.8, 4) is 5.75 Å². The second-order valence-corrected chi connectivity index (χ2v) is 7.82. The molecule has 0 heterocycles. The van der Waals surface area contributed by atoms with E-state index in [0.717, 1.165) is 11.8 Å². The van der Waals surface area contributed by atoms with Crippen LogP contribution >= 0.6 is 0 Å². The number of hydrogen-bond acceptors (Lipinski definition) is 6. The van der Waals surface area contributed by atoms with E-state index < -0.39 is 28.0 Å². The maximum absolute atomic E-state index is 12.2. The molecular weight excluding hydrogens is 384 g/mol. The van der Waals surface area contributed by atoms with Crippen LogP contribution in [0.1, 0.15) is 22.8 Å². The SMILES string of the molecule is COc1ccc(CNC(=O)[C@H](C)OC(=O)c2cccc(NS(C)(=O)=O)c2)cc1. The summed E-state index contributed by atoms with van der Waals surface area (Å²) >= 11 is 0. The number of benzene rings is 2. The summed E-state index contributed by atoms with van der Waals surface area (Å²) in [4.78, 5) is 24.4. The van der Waals surface area contributed by atoms with Crippen LogP contribution in [0.2, 0.25) is 0 Å². The summed E-state index contributed by atoms with van der Waals surface area (Å²) in [6.07, 6.45) is -0.00925. The van der Waals surface area contributed by atoms with Gasteiger partial charge in [-0.05, 0) is 42.8 Å². The van der Waals surface area contributed by atoms with E-state index in [2.05, 4.69) is 10.0 Å². The highest BCUT2D eigenvalue weighted by Crippen LogP contribution is 2.14. The largest absolute Gasteiger partial charge is 0.497 e. The molecule has 0 bridgehead atoms. The first-order valence-corrected chi connectivity index (χ1v) is 10.3. The van der Waals surface area contributed by atoms with Crippen LogP contribution in [0.5, 0.6) is 5.75 Å². The van der Waals surface area contributed by atoms with Crippen LogP contribution < -0.4 is 14.8 Å². The first-order valence-electron chi connectivity index (χ1n) is 8.37. The molecule has 9 heteroatoms. The molecule has 1 amide bonds. The Morgan fingerprint density at radius 2 is 1.79 bits per heavy atom. The van der Waals surface area contributed by atoms with Crippen LogP contribution in [-0.4, -0.2) is 39.8 Å². The van der Waals surface area contributed by atoms with Gasteiger partial charge in [-0.2, -0.15) is 0 Å². The summed E-state index contributed by atoms with van der Waals surface area (Å²) in [6, 6.07) is 13.0. The smallest absolute Gasteiger partial charge is 0.338 e. The molecule has 28 heavy (non-hydrogen) atoms. The molecule has 0 radical (unpaired) electrons. The van der Waals surface area contributed by atoms with E-state index in [0.29, 0.717) is 5.75 Å². The van der Waals surface area contributed by atoms with Crippen molar-refractivity contribution in [1.82, 2.24) is 5.32 Å². The van der Waals surface area contributed by atoms with E-state index in [1.54, 1.807) is 19.2 Å². The molecule has 2 aromatic carbocycles. The summed E-state index contributed by atoms with van der Waals surface area (Å²) in [5, 5.41) is 2.69. The van der Waals surface area contributed by atoms with Gasteiger partial charge in [-0.15, -0.1) is 0 Å². The molecule has 0 aliphatic heterocycles. The van der Waals surface area contributed by atoms with Gasteiger partial charge in [0, 0.05) is 12.2 Å². The number of hydrogen-bond donors (Lipinski definition) is 2. The maximum Gasteiger partial charge on any atom is 0.338 e. The molecule has 0 spiro atoms. The zero-order chi connectivity index (χ0) is 20.7. The van der Waals surface area contributed by atoms with Crippen LogP contribution in [0.3, 0.4) is 0 Å². The normalized spacial score (nSPS) is 12.0. The predicted octanol–water partition coefficient (Wildman–Crippen LogP) is 1.93. The van der Waals surface area contributed by atoms with Gasteiger partial charge in [-0.25, -0.2) is 13.2 Å². The highest BCUT2D eigenvalue weighted by molar-refractivity contribution is 7.92. The van der Waals surface area contributed by atoms with Crippen molar-refractivity contribution in [3.05, 3.63) is 59.7 Å².